The van der Waals surface area contributed by atoms with E-state index in [0.29, 0.717) is 0 Å². The monoisotopic (exact) mass is 471 g/mol. The average Bonchev–Trinajstić information content (AvgIpc) is 2.84. The van der Waals surface area contributed by atoms with E-state index in [2.05, 4.69) is 18.8 Å². The Hall–Kier alpha value is -3.09. The smallest absolute Gasteiger partial charge is 0.309 e. The minimum atomic E-state index is -0.690. The molecule has 7 heteroatoms. The van der Waals surface area contributed by atoms with Crippen LogP contribution in [0.25, 0.3) is 0 Å². The maximum Gasteiger partial charge on any atom is 0.309 e. The van der Waals surface area contributed by atoms with Crippen LogP contribution in [0.2, 0.25) is 0 Å². The molecule has 0 fully saturated rings. The van der Waals surface area contributed by atoms with Gasteiger partial charge in [0.05, 0.1) is 13.0 Å². The van der Waals surface area contributed by atoms with Crippen molar-refractivity contribution in [2.75, 3.05) is 7.11 Å². The number of aromatic hydroxyl groups is 1. The van der Waals surface area contributed by atoms with Crippen molar-refractivity contribution in [1.82, 2.24) is 4.98 Å². The average molecular weight is 472 g/mol. The van der Waals surface area contributed by atoms with Crippen LogP contribution in [0.1, 0.15) is 70.3 Å². The van der Waals surface area contributed by atoms with Gasteiger partial charge in [0.15, 0.2) is 23.0 Å². The summed E-state index contributed by atoms with van der Waals surface area (Å²) in [4.78, 5) is 29.5. The van der Waals surface area contributed by atoms with Gasteiger partial charge in [-0.05, 0) is 31.9 Å². The number of hydrogen-bond donors (Lipinski definition) is 1. The molecule has 1 N–H and O–H groups in total. The van der Waals surface area contributed by atoms with E-state index in [-0.39, 0.29) is 41.7 Å². The van der Waals surface area contributed by atoms with Crippen LogP contribution in [-0.2, 0) is 9.53 Å². The minimum absolute atomic E-state index is 0.0149. The minimum Gasteiger partial charge on any atom is -0.503 e. The molecule has 4 atom stereocenters. The highest BCUT2D eigenvalue weighted by atomic mass is 16.5. The molecule has 0 aliphatic carbocycles. The first-order chi connectivity index (χ1) is 16.3. The third-order valence-electron chi connectivity index (χ3n) is 5.97. The lowest BCUT2D eigenvalue weighted by Crippen LogP contribution is -2.37. The van der Waals surface area contributed by atoms with Gasteiger partial charge in [0.2, 0.25) is 0 Å². The number of para-hydroxylation sites is 1. The van der Waals surface area contributed by atoms with E-state index in [9.17, 15) is 14.7 Å². The molecule has 0 radical (unpaired) electrons. The Labute approximate surface area is 202 Å². The number of rotatable bonds is 14. The van der Waals surface area contributed by atoms with E-state index >= 15 is 0 Å². The molecular formula is C27H37NO6. The standard InChI is InChI=1S/C27H37NO6/c1-6-8-14-21(23(7-2)34-20-12-10-9-11-13-20)19(4)33-27(31)18(3)17-22(29)25-26(30)24(32-5)15-16-28-25/h9-13,15-16,18-19,21,23,30H,6-8,14,17H2,1-5H3/t18-,19+,21+,23+/m1/s1. The molecule has 0 amide bonds. The Morgan fingerprint density at radius 1 is 1.09 bits per heavy atom. The Kier molecular flexibility index (Phi) is 10.8. The number of benzene rings is 1. The van der Waals surface area contributed by atoms with Gasteiger partial charge in [-0.25, -0.2) is 4.98 Å². The van der Waals surface area contributed by atoms with Crippen molar-refractivity contribution in [2.24, 2.45) is 11.8 Å². The van der Waals surface area contributed by atoms with Crippen molar-refractivity contribution in [3.63, 3.8) is 0 Å². The molecule has 1 aromatic carbocycles. The molecule has 0 unspecified atom stereocenters. The quantitative estimate of drug-likeness (QED) is 0.283. The van der Waals surface area contributed by atoms with Crippen molar-refractivity contribution in [3.05, 3.63) is 48.3 Å². The number of pyridine rings is 1. The zero-order chi connectivity index (χ0) is 25.1. The van der Waals surface area contributed by atoms with Gasteiger partial charge in [0.1, 0.15) is 18.0 Å². The molecule has 0 spiro atoms. The first-order valence-electron chi connectivity index (χ1n) is 12.0. The fourth-order valence-corrected chi connectivity index (χ4v) is 3.96. The Morgan fingerprint density at radius 2 is 1.79 bits per heavy atom. The normalized spacial score (nSPS) is 14.5. The van der Waals surface area contributed by atoms with Gasteiger partial charge < -0.3 is 19.3 Å². The number of hydrogen-bond acceptors (Lipinski definition) is 7. The second-order valence-electron chi connectivity index (χ2n) is 8.56. The first kappa shape index (κ1) is 27.2. The second kappa shape index (κ2) is 13.6. The topological polar surface area (TPSA) is 95.0 Å². The zero-order valence-electron chi connectivity index (χ0n) is 20.8. The third kappa shape index (κ3) is 7.47. The number of aromatic nitrogens is 1. The van der Waals surface area contributed by atoms with Crippen LogP contribution in [0, 0.1) is 11.8 Å². The molecule has 0 aliphatic rings. The number of ether oxygens (including phenoxy) is 3. The number of methoxy groups -OCH3 is 1. The van der Waals surface area contributed by atoms with Crippen molar-refractivity contribution < 1.29 is 28.9 Å². The molecule has 0 bridgehead atoms. The predicted molar refractivity (Wildman–Crippen MR) is 130 cm³/mol. The molecule has 7 nitrogen and oxygen atoms in total. The number of carbonyl (C=O) groups excluding carboxylic acids is 2. The van der Waals surface area contributed by atoms with Gasteiger partial charge in [-0.15, -0.1) is 0 Å². The lowest BCUT2D eigenvalue weighted by atomic mass is 9.89. The van der Waals surface area contributed by atoms with Gasteiger partial charge in [-0.3, -0.25) is 9.59 Å². The van der Waals surface area contributed by atoms with Crippen LogP contribution in [0.15, 0.2) is 42.6 Å². The van der Waals surface area contributed by atoms with E-state index in [1.165, 1.54) is 19.4 Å². The summed E-state index contributed by atoms with van der Waals surface area (Å²) in [6, 6.07) is 11.1. The van der Waals surface area contributed by atoms with Crippen LogP contribution >= 0.6 is 0 Å². The highest BCUT2D eigenvalue weighted by Gasteiger charge is 2.31. The number of nitrogens with zero attached hydrogens (tertiary/aromatic N) is 1. The van der Waals surface area contributed by atoms with Gasteiger partial charge in [-0.1, -0.05) is 51.8 Å². The van der Waals surface area contributed by atoms with Crippen molar-refractivity contribution in [1.29, 1.82) is 0 Å². The van der Waals surface area contributed by atoms with Crippen molar-refractivity contribution in [2.45, 2.75) is 72.0 Å². The molecule has 1 heterocycles. The summed E-state index contributed by atoms with van der Waals surface area (Å²) in [7, 11) is 1.39. The van der Waals surface area contributed by atoms with Gasteiger partial charge in [0, 0.05) is 24.6 Å². The fraction of sp³-hybridized carbons (Fsp3) is 0.519. The molecule has 0 saturated carbocycles. The summed E-state index contributed by atoms with van der Waals surface area (Å²) in [6.07, 6.45) is 4.44. The summed E-state index contributed by atoms with van der Waals surface area (Å²) in [5, 5.41) is 10.2. The highest BCUT2D eigenvalue weighted by Crippen LogP contribution is 2.30. The number of ketones is 1. The first-order valence-corrected chi connectivity index (χ1v) is 12.0. The largest absolute Gasteiger partial charge is 0.503 e. The molecular weight excluding hydrogens is 434 g/mol. The van der Waals surface area contributed by atoms with Crippen LogP contribution in [0.5, 0.6) is 17.2 Å². The summed E-state index contributed by atoms with van der Waals surface area (Å²) >= 11 is 0. The van der Waals surface area contributed by atoms with E-state index in [1.807, 2.05) is 37.3 Å². The van der Waals surface area contributed by atoms with Gasteiger partial charge in [0.25, 0.3) is 0 Å². The number of Topliss-reactive ketones (excluding diaryl/α,β-unsaturated/α-hetero) is 1. The number of unbranched alkanes of at least 4 members (excludes halogenated alkanes) is 1. The van der Waals surface area contributed by atoms with Gasteiger partial charge >= 0.3 is 5.97 Å². The van der Waals surface area contributed by atoms with Crippen LogP contribution in [-0.4, -0.2) is 41.2 Å². The van der Waals surface area contributed by atoms with Gasteiger partial charge in [-0.2, -0.15) is 0 Å². The van der Waals surface area contributed by atoms with E-state index in [4.69, 9.17) is 14.2 Å². The number of carbonyl (C=O) groups is 2. The molecule has 2 rings (SSSR count). The van der Waals surface area contributed by atoms with Crippen molar-refractivity contribution in [3.8, 4) is 17.2 Å². The molecule has 34 heavy (non-hydrogen) atoms. The summed E-state index contributed by atoms with van der Waals surface area (Å²) in [5.74, 6) is -0.962. The van der Waals surface area contributed by atoms with Crippen LogP contribution in [0.3, 0.4) is 0 Å². The summed E-state index contributed by atoms with van der Waals surface area (Å²) < 4.78 is 17.1. The predicted octanol–water partition coefficient (Wildman–Crippen LogP) is 5.60. The fourth-order valence-electron chi connectivity index (χ4n) is 3.96. The van der Waals surface area contributed by atoms with Crippen LogP contribution < -0.4 is 9.47 Å². The van der Waals surface area contributed by atoms with E-state index < -0.39 is 17.7 Å². The van der Waals surface area contributed by atoms with Crippen molar-refractivity contribution >= 4 is 11.8 Å². The van der Waals surface area contributed by atoms with E-state index in [0.717, 1.165) is 31.4 Å². The number of esters is 1. The maximum absolute atomic E-state index is 12.9. The summed E-state index contributed by atoms with van der Waals surface area (Å²) in [5.41, 5.74) is -0.116. The lowest BCUT2D eigenvalue weighted by molar-refractivity contribution is -0.157. The molecule has 2 aromatic rings. The lowest BCUT2D eigenvalue weighted by Gasteiger charge is -2.32. The summed E-state index contributed by atoms with van der Waals surface area (Å²) in [6.45, 7) is 7.72. The maximum atomic E-state index is 12.9. The molecule has 186 valence electrons. The Bertz CT molecular complexity index is 917. The van der Waals surface area contributed by atoms with E-state index in [1.54, 1.807) is 6.92 Å². The second-order valence-corrected chi connectivity index (χ2v) is 8.56. The SMILES string of the molecule is CCCC[C@@H]([C@H](C)OC(=O)[C@H](C)CC(=O)c1nccc(OC)c1O)[C@H](CC)Oc1ccccc1. The Morgan fingerprint density at radius 3 is 2.41 bits per heavy atom. The van der Waals surface area contributed by atoms with Crippen LogP contribution in [0.4, 0.5) is 0 Å². The molecule has 1 aromatic heterocycles. The molecule has 0 saturated heterocycles. The third-order valence-corrected chi connectivity index (χ3v) is 5.97. The molecule has 0 aliphatic heterocycles. The zero-order valence-corrected chi connectivity index (χ0v) is 20.8. The highest BCUT2D eigenvalue weighted by molar-refractivity contribution is 5.99. The Balaban J connectivity index is 2.06.